The van der Waals surface area contributed by atoms with Gasteiger partial charge in [0, 0.05) is 23.5 Å². The van der Waals surface area contributed by atoms with Gasteiger partial charge in [0.05, 0.1) is 23.2 Å². The summed E-state index contributed by atoms with van der Waals surface area (Å²) in [5.74, 6) is 0.869. The second-order valence-corrected chi connectivity index (χ2v) is 7.32. The number of nitrogens with two attached hydrogens (primary N) is 1. The molecule has 0 saturated carbocycles. The largest absolute Gasteiger partial charge is 0.384 e. The molecule has 0 aromatic carbocycles. The Balaban J connectivity index is 2.03. The Morgan fingerprint density at radius 2 is 2.05 bits per heavy atom. The molecule has 2 N–H and O–H groups in total. The number of sulfone groups is 1. The maximum Gasteiger partial charge on any atom is 0.152 e. The van der Waals surface area contributed by atoms with Gasteiger partial charge in [-0.3, -0.25) is 4.98 Å². The molecule has 1 fully saturated rings. The first-order chi connectivity index (χ1) is 9.48. The SMILES string of the molecule is Cc1c(-c2ccncc2)nn(C2CCS(=O)(=O)C2)c1N. The normalized spacial score (nSPS) is 21.1. The third kappa shape index (κ3) is 2.18. The van der Waals surface area contributed by atoms with Gasteiger partial charge in [-0.1, -0.05) is 0 Å². The summed E-state index contributed by atoms with van der Waals surface area (Å²) in [5.41, 5.74) is 8.69. The fourth-order valence-electron chi connectivity index (χ4n) is 2.56. The molecular formula is C13H16N4O2S. The maximum absolute atomic E-state index is 11.6. The van der Waals surface area contributed by atoms with Gasteiger partial charge in [0.2, 0.25) is 0 Å². The van der Waals surface area contributed by atoms with Crippen LogP contribution in [0.25, 0.3) is 11.3 Å². The van der Waals surface area contributed by atoms with E-state index in [0.29, 0.717) is 12.2 Å². The van der Waals surface area contributed by atoms with Crippen molar-refractivity contribution in [3.05, 3.63) is 30.1 Å². The summed E-state index contributed by atoms with van der Waals surface area (Å²) < 4.78 is 24.9. The van der Waals surface area contributed by atoms with Crippen LogP contribution in [-0.2, 0) is 9.84 Å². The van der Waals surface area contributed by atoms with E-state index in [1.54, 1.807) is 17.1 Å². The average molecular weight is 292 g/mol. The standard InChI is InChI=1S/C13H16N4O2S/c1-9-12(10-2-5-15-6-3-10)16-17(13(9)14)11-4-7-20(18,19)8-11/h2-3,5-6,11H,4,7-8,14H2,1H3. The Kier molecular flexibility index (Phi) is 3.01. The molecule has 1 aliphatic heterocycles. The summed E-state index contributed by atoms with van der Waals surface area (Å²) in [6.07, 6.45) is 3.97. The molecule has 2 aromatic rings. The zero-order valence-corrected chi connectivity index (χ0v) is 12.0. The van der Waals surface area contributed by atoms with Crippen molar-refractivity contribution in [3.8, 4) is 11.3 Å². The molecule has 3 rings (SSSR count). The van der Waals surface area contributed by atoms with E-state index in [0.717, 1.165) is 16.8 Å². The topological polar surface area (TPSA) is 90.9 Å². The third-order valence-electron chi connectivity index (χ3n) is 3.70. The van der Waals surface area contributed by atoms with E-state index in [2.05, 4.69) is 10.1 Å². The van der Waals surface area contributed by atoms with Crippen LogP contribution in [0.15, 0.2) is 24.5 Å². The predicted octanol–water partition coefficient (Wildman–Crippen LogP) is 1.20. The van der Waals surface area contributed by atoms with Crippen LogP contribution in [0.1, 0.15) is 18.0 Å². The highest BCUT2D eigenvalue weighted by Gasteiger charge is 2.31. The number of nitrogens with zero attached hydrogens (tertiary/aromatic N) is 3. The van der Waals surface area contributed by atoms with Crippen molar-refractivity contribution in [2.45, 2.75) is 19.4 Å². The number of nitrogen functional groups attached to an aromatic ring is 1. The summed E-state index contributed by atoms with van der Waals surface area (Å²) in [7, 11) is -2.95. The zero-order valence-electron chi connectivity index (χ0n) is 11.2. The molecule has 0 radical (unpaired) electrons. The molecule has 106 valence electrons. The molecule has 0 aliphatic carbocycles. The Hall–Kier alpha value is -1.89. The van der Waals surface area contributed by atoms with Crippen molar-refractivity contribution in [2.75, 3.05) is 17.2 Å². The van der Waals surface area contributed by atoms with Crippen LogP contribution in [0.5, 0.6) is 0 Å². The van der Waals surface area contributed by atoms with Gasteiger partial charge in [-0.2, -0.15) is 5.10 Å². The van der Waals surface area contributed by atoms with Crippen LogP contribution in [0, 0.1) is 6.92 Å². The van der Waals surface area contributed by atoms with Gasteiger partial charge in [-0.25, -0.2) is 13.1 Å². The Morgan fingerprint density at radius 3 is 2.65 bits per heavy atom. The van der Waals surface area contributed by atoms with Crippen molar-refractivity contribution >= 4 is 15.7 Å². The van der Waals surface area contributed by atoms with Gasteiger partial charge in [-0.05, 0) is 25.5 Å². The molecular weight excluding hydrogens is 276 g/mol. The Morgan fingerprint density at radius 1 is 1.35 bits per heavy atom. The molecule has 6 nitrogen and oxygen atoms in total. The van der Waals surface area contributed by atoms with Gasteiger partial charge in [0.15, 0.2) is 9.84 Å². The molecule has 1 saturated heterocycles. The molecule has 1 unspecified atom stereocenters. The van der Waals surface area contributed by atoms with Crippen LogP contribution < -0.4 is 5.73 Å². The van der Waals surface area contributed by atoms with Crippen molar-refractivity contribution in [2.24, 2.45) is 0 Å². The minimum absolute atomic E-state index is 0.119. The minimum atomic E-state index is -2.95. The van der Waals surface area contributed by atoms with Crippen LogP contribution in [0.3, 0.4) is 0 Å². The third-order valence-corrected chi connectivity index (χ3v) is 5.45. The number of hydrogen-bond donors (Lipinski definition) is 1. The molecule has 3 heterocycles. The fraction of sp³-hybridized carbons (Fsp3) is 0.385. The molecule has 2 aromatic heterocycles. The van der Waals surface area contributed by atoms with Crippen LogP contribution in [0.2, 0.25) is 0 Å². The van der Waals surface area contributed by atoms with E-state index in [1.165, 1.54) is 0 Å². The quantitative estimate of drug-likeness (QED) is 0.898. The monoisotopic (exact) mass is 292 g/mol. The molecule has 0 spiro atoms. The molecule has 1 aliphatic rings. The Bertz CT molecular complexity index is 737. The lowest BCUT2D eigenvalue weighted by atomic mass is 10.1. The molecule has 1 atom stereocenters. The number of rotatable bonds is 2. The van der Waals surface area contributed by atoms with Crippen molar-refractivity contribution < 1.29 is 8.42 Å². The van der Waals surface area contributed by atoms with Gasteiger partial charge < -0.3 is 5.73 Å². The fourth-order valence-corrected chi connectivity index (χ4v) is 4.25. The van der Waals surface area contributed by atoms with Crippen molar-refractivity contribution in [1.82, 2.24) is 14.8 Å². The lowest BCUT2D eigenvalue weighted by molar-refractivity contribution is 0.508. The van der Waals surface area contributed by atoms with Crippen LogP contribution in [-0.4, -0.2) is 34.7 Å². The number of aromatic nitrogens is 3. The van der Waals surface area contributed by atoms with E-state index in [1.807, 2.05) is 19.1 Å². The van der Waals surface area contributed by atoms with Crippen LogP contribution in [0.4, 0.5) is 5.82 Å². The van der Waals surface area contributed by atoms with Crippen molar-refractivity contribution in [1.29, 1.82) is 0 Å². The predicted molar refractivity (Wildman–Crippen MR) is 76.9 cm³/mol. The highest BCUT2D eigenvalue weighted by molar-refractivity contribution is 7.91. The highest BCUT2D eigenvalue weighted by Crippen LogP contribution is 2.31. The summed E-state index contributed by atoms with van der Waals surface area (Å²) in [6.45, 7) is 1.90. The summed E-state index contributed by atoms with van der Waals surface area (Å²) in [6, 6.07) is 3.57. The van der Waals surface area contributed by atoms with Crippen molar-refractivity contribution in [3.63, 3.8) is 0 Å². The van der Waals surface area contributed by atoms with Gasteiger partial charge in [0.1, 0.15) is 5.82 Å². The second kappa shape index (κ2) is 4.59. The van der Waals surface area contributed by atoms with E-state index >= 15 is 0 Å². The summed E-state index contributed by atoms with van der Waals surface area (Å²) in [4.78, 5) is 3.98. The lowest BCUT2D eigenvalue weighted by Gasteiger charge is -2.10. The van der Waals surface area contributed by atoms with Crippen LogP contribution >= 0.6 is 0 Å². The molecule has 20 heavy (non-hydrogen) atoms. The summed E-state index contributed by atoms with van der Waals surface area (Å²) in [5, 5.41) is 4.53. The van der Waals surface area contributed by atoms with E-state index in [9.17, 15) is 8.42 Å². The lowest BCUT2D eigenvalue weighted by Crippen LogP contribution is -2.14. The van der Waals surface area contributed by atoms with E-state index in [-0.39, 0.29) is 17.5 Å². The second-order valence-electron chi connectivity index (χ2n) is 5.10. The number of pyridine rings is 1. The van der Waals surface area contributed by atoms with Gasteiger partial charge in [-0.15, -0.1) is 0 Å². The van der Waals surface area contributed by atoms with Gasteiger partial charge in [0.25, 0.3) is 0 Å². The number of anilines is 1. The first kappa shape index (κ1) is 13.1. The highest BCUT2D eigenvalue weighted by atomic mass is 32.2. The first-order valence-electron chi connectivity index (χ1n) is 6.43. The van der Waals surface area contributed by atoms with E-state index < -0.39 is 9.84 Å². The molecule has 0 bridgehead atoms. The zero-order chi connectivity index (χ0) is 14.3. The minimum Gasteiger partial charge on any atom is -0.384 e. The Labute approximate surface area is 117 Å². The molecule has 0 amide bonds. The maximum atomic E-state index is 11.6. The summed E-state index contributed by atoms with van der Waals surface area (Å²) >= 11 is 0. The molecule has 7 heteroatoms. The van der Waals surface area contributed by atoms with Gasteiger partial charge >= 0.3 is 0 Å². The van der Waals surface area contributed by atoms with E-state index in [4.69, 9.17) is 5.73 Å². The first-order valence-corrected chi connectivity index (χ1v) is 8.25. The smallest absolute Gasteiger partial charge is 0.152 e. The average Bonchev–Trinajstić information content (AvgIpc) is 2.93. The number of hydrogen-bond acceptors (Lipinski definition) is 5.